The maximum absolute atomic E-state index is 14.3. The monoisotopic (exact) mass is 495 g/mol. The second-order valence-corrected chi connectivity index (χ2v) is 7.25. The van der Waals surface area contributed by atoms with Crippen molar-refractivity contribution >= 4 is 11.8 Å². The standard InChI is InChI=1S/C22H24FN3O2.C2HF3O2/c1-2-3-11-28-21-10-9-17(12-18(21)23)19-13-22(26-15-25-19)24-14-20(27)16-7-5-4-6-8-16;3-2(4,5)1(6)7/h4-10,12-13,15,20,27H,2-3,11,14H2,1H3,(H,24,25,26);(H,6,7)/t20-;/m0./s1. The Kier molecular flexibility index (Phi) is 10.4. The first-order valence-electron chi connectivity index (χ1n) is 10.6. The molecule has 7 nitrogen and oxygen atoms in total. The third kappa shape index (κ3) is 9.20. The van der Waals surface area contributed by atoms with Gasteiger partial charge < -0.3 is 20.3 Å². The van der Waals surface area contributed by atoms with Gasteiger partial charge in [0.2, 0.25) is 0 Å². The lowest BCUT2D eigenvalue weighted by atomic mass is 10.1. The van der Waals surface area contributed by atoms with Crippen molar-refractivity contribution in [3.63, 3.8) is 0 Å². The van der Waals surface area contributed by atoms with Crippen molar-refractivity contribution in [2.24, 2.45) is 0 Å². The second-order valence-electron chi connectivity index (χ2n) is 7.25. The SMILES string of the molecule is CCCCOc1ccc(-c2cc(NC[C@H](O)c3ccccc3)ncn2)cc1F.O=C(O)C(F)(F)F. The molecular weight excluding hydrogens is 470 g/mol. The molecule has 0 bridgehead atoms. The fourth-order valence-electron chi connectivity index (χ4n) is 2.71. The Morgan fingerprint density at radius 3 is 2.40 bits per heavy atom. The van der Waals surface area contributed by atoms with Gasteiger partial charge in [-0.25, -0.2) is 19.2 Å². The molecule has 35 heavy (non-hydrogen) atoms. The first-order valence-corrected chi connectivity index (χ1v) is 10.6. The predicted octanol–water partition coefficient (Wildman–Crippen LogP) is 5.24. The molecule has 0 unspecified atom stereocenters. The number of ether oxygens (including phenoxy) is 1. The van der Waals surface area contributed by atoms with Gasteiger partial charge in [-0.3, -0.25) is 0 Å². The van der Waals surface area contributed by atoms with Gasteiger partial charge in [-0.2, -0.15) is 13.2 Å². The summed E-state index contributed by atoms with van der Waals surface area (Å²) in [6, 6.07) is 15.9. The van der Waals surface area contributed by atoms with Crippen molar-refractivity contribution in [1.29, 1.82) is 0 Å². The normalized spacial score (nSPS) is 11.7. The summed E-state index contributed by atoms with van der Waals surface area (Å²) in [5, 5.41) is 20.5. The number of aromatic nitrogens is 2. The third-order valence-corrected chi connectivity index (χ3v) is 4.55. The number of hydrogen-bond donors (Lipinski definition) is 3. The minimum Gasteiger partial charge on any atom is -0.491 e. The summed E-state index contributed by atoms with van der Waals surface area (Å²) in [5.41, 5.74) is 2.05. The molecule has 188 valence electrons. The smallest absolute Gasteiger partial charge is 0.490 e. The summed E-state index contributed by atoms with van der Waals surface area (Å²) in [7, 11) is 0. The molecule has 0 saturated heterocycles. The van der Waals surface area contributed by atoms with E-state index in [1.165, 1.54) is 12.4 Å². The number of nitrogens with zero attached hydrogens (tertiary/aromatic N) is 2. The van der Waals surface area contributed by atoms with Gasteiger partial charge in [0.05, 0.1) is 18.4 Å². The lowest BCUT2D eigenvalue weighted by Gasteiger charge is -2.13. The molecule has 0 aliphatic rings. The maximum atomic E-state index is 14.3. The van der Waals surface area contributed by atoms with Crippen LogP contribution in [0.3, 0.4) is 0 Å². The van der Waals surface area contributed by atoms with Crippen molar-refractivity contribution in [2.75, 3.05) is 18.5 Å². The minimum atomic E-state index is -5.08. The lowest BCUT2D eigenvalue weighted by molar-refractivity contribution is -0.192. The number of aliphatic hydroxyl groups is 1. The molecule has 11 heteroatoms. The Morgan fingerprint density at radius 1 is 1.11 bits per heavy atom. The molecule has 0 aliphatic carbocycles. The number of halogens is 4. The first kappa shape index (κ1) is 27.5. The molecule has 0 saturated carbocycles. The molecule has 1 atom stereocenters. The average Bonchev–Trinajstić information content (AvgIpc) is 2.84. The molecule has 0 fully saturated rings. The quantitative estimate of drug-likeness (QED) is 0.275. The first-order chi connectivity index (χ1) is 16.6. The molecule has 2 aromatic carbocycles. The van der Waals surface area contributed by atoms with Gasteiger partial charge in [-0.15, -0.1) is 0 Å². The Hall–Kier alpha value is -3.73. The summed E-state index contributed by atoms with van der Waals surface area (Å²) < 4.78 is 51.5. The summed E-state index contributed by atoms with van der Waals surface area (Å²) >= 11 is 0. The number of aliphatic carboxylic acids is 1. The van der Waals surface area contributed by atoms with Gasteiger partial charge in [-0.05, 0) is 30.2 Å². The van der Waals surface area contributed by atoms with Crippen LogP contribution in [0, 0.1) is 5.82 Å². The zero-order chi connectivity index (χ0) is 25.8. The molecule has 3 aromatic rings. The number of aliphatic hydroxyl groups excluding tert-OH is 1. The highest BCUT2D eigenvalue weighted by Crippen LogP contribution is 2.26. The number of carbonyl (C=O) groups is 1. The van der Waals surface area contributed by atoms with Crippen LogP contribution in [0.5, 0.6) is 5.75 Å². The molecule has 3 N–H and O–H groups in total. The number of carboxylic acid groups (broad SMARTS) is 1. The molecule has 3 rings (SSSR count). The van der Waals surface area contributed by atoms with Gasteiger partial charge in [0.25, 0.3) is 0 Å². The van der Waals surface area contributed by atoms with E-state index in [1.54, 1.807) is 18.2 Å². The molecular formula is C24H25F4N3O4. The number of unbranched alkanes of at least 4 members (excludes halogenated alkanes) is 1. The topological polar surface area (TPSA) is 105 Å². The van der Waals surface area contributed by atoms with E-state index in [0.29, 0.717) is 30.2 Å². The average molecular weight is 495 g/mol. The number of anilines is 1. The predicted molar refractivity (Wildman–Crippen MR) is 121 cm³/mol. The van der Waals surface area contributed by atoms with Crippen LogP contribution in [0.4, 0.5) is 23.4 Å². The summed E-state index contributed by atoms with van der Waals surface area (Å²) in [4.78, 5) is 17.3. The third-order valence-electron chi connectivity index (χ3n) is 4.55. The van der Waals surface area contributed by atoms with E-state index in [1.807, 2.05) is 30.3 Å². The molecule has 0 spiro atoms. The second kappa shape index (κ2) is 13.2. The van der Waals surface area contributed by atoms with Crippen LogP contribution in [-0.4, -0.2) is 45.5 Å². The largest absolute Gasteiger partial charge is 0.491 e. The van der Waals surface area contributed by atoms with Gasteiger partial charge in [0.1, 0.15) is 12.1 Å². The molecule has 1 aromatic heterocycles. The fourth-order valence-corrected chi connectivity index (χ4v) is 2.71. The van der Waals surface area contributed by atoms with Crippen molar-refractivity contribution < 1.29 is 37.3 Å². The number of hydrogen-bond acceptors (Lipinski definition) is 6. The van der Waals surface area contributed by atoms with Crippen LogP contribution in [-0.2, 0) is 4.79 Å². The van der Waals surface area contributed by atoms with E-state index in [9.17, 15) is 22.7 Å². The number of rotatable bonds is 9. The lowest BCUT2D eigenvalue weighted by Crippen LogP contribution is -2.21. The zero-order valence-electron chi connectivity index (χ0n) is 18.8. The summed E-state index contributed by atoms with van der Waals surface area (Å²) in [5.74, 6) is -2.37. The number of nitrogens with one attached hydrogen (secondary N) is 1. The Bertz CT molecular complexity index is 1080. The Labute approximate surface area is 199 Å². The van der Waals surface area contributed by atoms with Crippen LogP contribution >= 0.6 is 0 Å². The van der Waals surface area contributed by atoms with E-state index >= 15 is 0 Å². The molecule has 0 radical (unpaired) electrons. The Morgan fingerprint density at radius 2 is 1.80 bits per heavy atom. The van der Waals surface area contributed by atoms with Crippen molar-refractivity contribution in [3.05, 3.63) is 72.3 Å². The van der Waals surface area contributed by atoms with Gasteiger partial charge in [0, 0.05) is 18.2 Å². The molecule has 1 heterocycles. The number of benzene rings is 2. The van der Waals surface area contributed by atoms with Crippen LogP contribution in [0.2, 0.25) is 0 Å². The van der Waals surface area contributed by atoms with Crippen LogP contribution in [0.25, 0.3) is 11.3 Å². The summed E-state index contributed by atoms with van der Waals surface area (Å²) in [6.45, 7) is 2.86. The van der Waals surface area contributed by atoms with E-state index in [4.69, 9.17) is 14.6 Å². The number of alkyl halides is 3. The van der Waals surface area contributed by atoms with Gasteiger partial charge >= 0.3 is 12.1 Å². The highest BCUT2D eigenvalue weighted by molar-refractivity contribution is 5.73. The number of carboxylic acids is 1. The van der Waals surface area contributed by atoms with Crippen LogP contribution in [0.15, 0.2) is 60.9 Å². The molecule has 0 aliphatic heterocycles. The van der Waals surface area contributed by atoms with Gasteiger partial charge in [0.15, 0.2) is 11.6 Å². The van der Waals surface area contributed by atoms with E-state index in [0.717, 1.165) is 18.4 Å². The van der Waals surface area contributed by atoms with Crippen molar-refractivity contribution in [2.45, 2.75) is 32.0 Å². The van der Waals surface area contributed by atoms with E-state index in [-0.39, 0.29) is 5.75 Å². The summed E-state index contributed by atoms with van der Waals surface area (Å²) in [6.07, 6.45) is -2.45. The highest BCUT2D eigenvalue weighted by Gasteiger charge is 2.38. The van der Waals surface area contributed by atoms with E-state index in [2.05, 4.69) is 22.2 Å². The van der Waals surface area contributed by atoms with Crippen LogP contribution in [0.1, 0.15) is 31.4 Å². The minimum absolute atomic E-state index is 0.246. The van der Waals surface area contributed by atoms with E-state index < -0.39 is 24.1 Å². The fraction of sp³-hybridized carbons (Fsp3) is 0.292. The van der Waals surface area contributed by atoms with Gasteiger partial charge in [-0.1, -0.05) is 43.7 Å². The van der Waals surface area contributed by atoms with Crippen LogP contribution < -0.4 is 10.1 Å². The maximum Gasteiger partial charge on any atom is 0.490 e. The van der Waals surface area contributed by atoms with Crippen molar-refractivity contribution in [3.8, 4) is 17.0 Å². The highest BCUT2D eigenvalue weighted by atomic mass is 19.4. The van der Waals surface area contributed by atoms with Crippen molar-refractivity contribution in [1.82, 2.24) is 9.97 Å². The zero-order valence-corrected chi connectivity index (χ0v) is 18.8. The Balaban J connectivity index is 0.000000540. The molecule has 0 amide bonds.